The molecule has 0 aliphatic carbocycles. The summed E-state index contributed by atoms with van der Waals surface area (Å²) in [5, 5.41) is 2.18. The summed E-state index contributed by atoms with van der Waals surface area (Å²) >= 11 is 0. The Balaban J connectivity index is 0.000000176. The third-order valence-electron chi connectivity index (χ3n) is 15.2. The fraction of sp³-hybridized carbons (Fsp3) is 0.192. The molecule has 12 aromatic rings. The number of para-hydroxylation sites is 3. The van der Waals surface area contributed by atoms with Gasteiger partial charge in [-0.05, 0) is 138 Å². The molecule has 6 heteroatoms. The maximum absolute atomic E-state index is 6.47. The van der Waals surface area contributed by atoms with E-state index >= 15 is 0 Å². The number of fused-ring (bicyclic) bond motifs is 4. The van der Waals surface area contributed by atoms with Crippen LogP contribution in [0.4, 0.5) is 0 Å². The Morgan fingerprint density at radius 3 is 1.85 bits per heavy atom. The van der Waals surface area contributed by atoms with Crippen molar-refractivity contribution in [2.24, 2.45) is 0 Å². The molecular formula is C73H65IrN4O. The Labute approximate surface area is 479 Å². The smallest absolute Gasteiger partial charge is 0.501 e. The van der Waals surface area contributed by atoms with Crippen LogP contribution in [0.5, 0.6) is 0 Å². The molecule has 0 saturated carbocycles. The third-order valence-corrected chi connectivity index (χ3v) is 15.2. The molecule has 0 saturated heterocycles. The molecule has 0 radical (unpaired) electrons. The van der Waals surface area contributed by atoms with Crippen LogP contribution >= 0.6 is 0 Å². The molecule has 0 atom stereocenters. The summed E-state index contributed by atoms with van der Waals surface area (Å²) in [6, 6.07) is 72.4. The molecule has 0 amide bonds. The fourth-order valence-corrected chi connectivity index (χ4v) is 10.6. The minimum Gasteiger partial charge on any atom is -0.501 e. The summed E-state index contributed by atoms with van der Waals surface area (Å²) in [5.74, 6) is 1.45. The van der Waals surface area contributed by atoms with Crippen LogP contribution in [0.3, 0.4) is 0 Å². The number of furan rings is 1. The third kappa shape index (κ3) is 11.7. The Hall–Kier alpha value is -8.02. The molecular weight excluding hydrogens is 1140 g/mol. The van der Waals surface area contributed by atoms with Gasteiger partial charge in [0.25, 0.3) is 0 Å². The Bertz CT molecular complexity index is 4040. The van der Waals surface area contributed by atoms with Crippen molar-refractivity contribution in [2.75, 3.05) is 0 Å². The molecule has 0 aliphatic rings. The second kappa shape index (κ2) is 23.9. The van der Waals surface area contributed by atoms with Gasteiger partial charge in [0.15, 0.2) is 0 Å². The summed E-state index contributed by atoms with van der Waals surface area (Å²) in [6.45, 7) is 17.6. The zero-order valence-electron chi connectivity index (χ0n) is 46.4. The molecule has 4 heterocycles. The molecule has 0 spiro atoms. The zero-order chi connectivity index (χ0) is 53.9. The van der Waals surface area contributed by atoms with Crippen LogP contribution in [-0.2, 0) is 45.8 Å². The number of rotatable bonds is 13. The summed E-state index contributed by atoms with van der Waals surface area (Å²) in [5.41, 5.74) is 25.3. The van der Waals surface area contributed by atoms with Crippen LogP contribution in [0.2, 0.25) is 0 Å². The van der Waals surface area contributed by atoms with Crippen molar-refractivity contribution in [3.8, 4) is 50.7 Å². The van der Waals surface area contributed by atoms with E-state index in [9.17, 15) is 0 Å². The van der Waals surface area contributed by atoms with E-state index in [2.05, 4.69) is 235 Å². The van der Waals surface area contributed by atoms with Gasteiger partial charge in [0.05, 0.1) is 22.4 Å². The van der Waals surface area contributed by atoms with E-state index in [4.69, 9.17) is 14.4 Å². The quantitative estimate of drug-likeness (QED) is 0.108. The fourth-order valence-electron chi connectivity index (χ4n) is 10.6. The molecule has 0 fully saturated rings. The molecule has 4 aromatic heterocycles. The number of nitrogens with zero attached hydrogens (tertiary/aromatic N) is 4. The van der Waals surface area contributed by atoms with Crippen LogP contribution < -0.4 is 0 Å². The van der Waals surface area contributed by atoms with Crippen LogP contribution in [0.25, 0.3) is 83.7 Å². The SMILES string of the molecule is CC(C)c1cc(-c2ccccc2)cc(C(C)C)c1-n1c(-c2[c-]ccc3c2oc2ccccc23)nc2ccccc21.Cc1c[c-]c(-c2cc(C)c(CCc3cccc(CCc4c[c-]c(-c5cc(C)c(C)cn5)cc4)c3)cn2)cc1.[Ir+3]. The largest absolute Gasteiger partial charge is 3.00 e. The van der Waals surface area contributed by atoms with Crippen LogP contribution in [0, 0.1) is 45.9 Å². The number of benzene rings is 8. The van der Waals surface area contributed by atoms with E-state index in [1.165, 1.54) is 72.4 Å². The van der Waals surface area contributed by atoms with Crippen LogP contribution in [0.15, 0.2) is 193 Å². The first kappa shape index (κ1) is 54.3. The van der Waals surface area contributed by atoms with Crippen molar-refractivity contribution in [2.45, 2.75) is 92.9 Å². The Morgan fingerprint density at radius 1 is 0.519 bits per heavy atom. The molecule has 12 rings (SSSR count). The van der Waals surface area contributed by atoms with E-state index in [-0.39, 0.29) is 20.1 Å². The minimum absolute atomic E-state index is 0. The first-order valence-corrected chi connectivity index (χ1v) is 27.5. The number of aromatic nitrogens is 4. The maximum atomic E-state index is 6.47. The molecule has 0 unspecified atom stereocenters. The van der Waals surface area contributed by atoms with Gasteiger partial charge in [0.1, 0.15) is 5.58 Å². The van der Waals surface area contributed by atoms with Gasteiger partial charge in [-0.25, -0.2) is 0 Å². The standard InChI is InChI=1S/C37H31N2O.C36H34N2.Ir/c1-23(2)30-21-26(25-13-6-5-7-14-25)22-31(24(3)4)35(30)39-33-19-10-9-18-32(33)38-37(39)29-17-12-16-28-27-15-8-11-20-34(27)40-36(28)29;1-25-8-15-32(16-9-25)36-21-27(3)34(24-38-36)19-14-31-7-5-6-30(22-31)11-10-29-12-17-33(18-13-29)35-20-26(2)28(4)23-37-35;/h5-16,18-24H,1-4H3;5-9,12-13,15,17,20-24H,10-11,14,19H2,1-4H3;/q-1;-2;+3. The van der Waals surface area contributed by atoms with Gasteiger partial charge >= 0.3 is 20.1 Å². The van der Waals surface area contributed by atoms with E-state index in [0.29, 0.717) is 11.8 Å². The first-order chi connectivity index (χ1) is 37.9. The molecule has 0 bridgehead atoms. The monoisotopic (exact) mass is 1210 g/mol. The normalized spacial score (nSPS) is 11.4. The molecule has 8 aromatic carbocycles. The van der Waals surface area contributed by atoms with Gasteiger partial charge in [0.2, 0.25) is 0 Å². The minimum atomic E-state index is 0. The van der Waals surface area contributed by atoms with E-state index in [0.717, 1.165) is 92.6 Å². The van der Waals surface area contributed by atoms with E-state index in [1.54, 1.807) is 0 Å². The Kier molecular flexibility index (Phi) is 16.5. The van der Waals surface area contributed by atoms with Crippen molar-refractivity contribution in [3.63, 3.8) is 0 Å². The second-order valence-corrected chi connectivity index (χ2v) is 21.5. The average molecular weight is 1210 g/mol. The number of imidazole rings is 1. The van der Waals surface area contributed by atoms with Crippen molar-refractivity contribution in [1.82, 2.24) is 19.5 Å². The topological polar surface area (TPSA) is 56.7 Å². The van der Waals surface area contributed by atoms with E-state index < -0.39 is 0 Å². The predicted octanol–water partition coefficient (Wildman–Crippen LogP) is 18.5. The molecule has 0 aliphatic heterocycles. The van der Waals surface area contributed by atoms with Gasteiger partial charge in [-0.2, -0.15) is 0 Å². The Morgan fingerprint density at radius 2 is 1.16 bits per heavy atom. The van der Waals surface area contributed by atoms with Crippen molar-refractivity contribution in [1.29, 1.82) is 0 Å². The summed E-state index contributed by atoms with van der Waals surface area (Å²) in [7, 11) is 0. The van der Waals surface area contributed by atoms with Crippen molar-refractivity contribution < 1.29 is 24.5 Å². The van der Waals surface area contributed by atoms with E-state index in [1.807, 2.05) is 36.7 Å². The van der Waals surface area contributed by atoms with Gasteiger partial charge in [-0.15, -0.1) is 89.0 Å². The van der Waals surface area contributed by atoms with Crippen LogP contribution in [0.1, 0.15) is 95.2 Å². The van der Waals surface area contributed by atoms with Gasteiger partial charge in [0, 0.05) is 23.5 Å². The average Bonchev–Trinajstić information content (AvgIpc) is 4.15. The number of aryl methyl sites for hydroxylation is 8. The summed E-state index contributed by atoms with van der Waals surface area (Å²) in [6.07, 6.45) is 8.00. The molecule has 5 nitrogen and oxygen atoms in total. The zero-order valence-corrected chi connectivity index (χ0v) is 48.8. The maximum Gasteiger partial charge on any atom is 3.00 e. The molecule has 0 N–H and O–H groups in total. The summed E-state index contributed by atoms with van der Waals surface area (Å²) < 4.78 is 8.83. The first-order valence-electron chi connectivity index (χ1n) is 27.5. The van der Waals surface area contributed by atoms with Gasteiger partial charge < -0.3 is 19.0 Å². The number of hydrogen-bond donors (Lipinski definition) is 0. The van der Waals surface area contributed by atoms with Crippen LogP contribution in [-0.4, -0.2) is 19.5 Å². The second-order valence-electron chi connectivity index (χ2n) is 21.5. The predicted molar refractivity (Wildman–Crippen MR) is 323 cm³/mol. The molecule has 79 heavy (non-hydrogen) atoms. The number of hydrogen-bond acceptors (Lipinski definition) is 4. The van der Waals surface area contributed by atoms with Crippen molar-refractivity contribution >= 4 is 33.0 Å². The van der Waals surface area contributed by atoms with Crippen molar-refractivity contribution in [3.05, 3.63) is 262 Å². The van der Waals surface area contributed by atoms with Gasteiger partial charge in [-0.3, -0.25) is 4.98 Å². The summed E-state index contributed by atoms with van der Waals surface area (Å²) in [4.78, 5) is 14.5. The number of pyridine rings is 2. The molecule has 392 valence electrons. The van der Waals surface area contributed by atoms with Gasteiger partial charge in [-0.1, -0.05) is 160 Å².